The molecule has 17 heavy (non-hydrogen) atoms. The SMILES string of the molecule is CCc1ccc(Cc2ccc(N)[nH]c2=O)cc1. The molecule has 88 valence electrons. The number of nitrogens with two attached hydrogens (primary N) is 1. The van der Waals surface area contributed by atoms with Crippen LogP contribution >= 0.6 is 0 Å². The number of pyridine rings is 1. The monoisotopic (exact) mass is 228 g/mol. The number of aromatic amines is 1. The van der Waals surface area contributed by atoms with Crippen LogP contribution in [0.3, 0.4) is 0 Å². The van der Waals surface area contributed by atoms with E-state index < -0.39 is 0 Å². The number of aryl methyl sites for hydroxylation is 1. The van der Waals surface area contributed by atoms with E-state index >= 15 is 0 Å². The Bertz CT molecular complexity index is 555. The molecule has 0 aliphatic rings. The van der Waals surface area contributed by atoms with Crippen molar-refractivity contribution in [1.82, 2.24) is 4.98 Å². The van der Waals surface area contributed by atoms with Crippen molar-refractivity contribution >= 4 is 5.82 Å². The number of hydrogen-bond donors (Lipinski definition) is 2. The number of aromatic nitrogens is 1. The Balaban J connectivity index is 2.22. The highest BCUT2D eigenvalue weighted by atomic mass is 16.1. The molecule has 1 aromatic carbocycles. The zero-order chi connectivity index (χ0) is 12.3. The summed E-state index contributed by atoms with van der Waals surface area (Å²) < 4.78 is 0. The summed E-state index contributed by atoms with van der Waals surface area (Å²) in [6, 6.07) is 11.8. The molecule has 3 heteroatoms. The Hall–Kier alpha value is -2.03. The van der Waals surface area contributed by atoms with Gasteiger partial charge in [0.1, 0.15) is 5.82 Å². The van der Waals surface area contributed by atoms with Gasteiger partial charge in [0, 0.05) is 12.0 Å². The van der Waals surface area contributed by atoms with Gasteiger partial charge in [-0.25, -0.2) is 0 Å². The molecule has 0 saturated carbocycles. The van der Waals surface area contributed by atoms with Gasteiger partial charge in [-0.15, -0.1) is 0 Å². The van der Waals surface area contributed by atoms with E-state index in [4.69, 9.17) is 5.73 Å². The molecule has 1 heterocycles. The number of benzene rings is 1. The third kappa shape index (κ3) is 2.75. The van der Waals surface area contributed by atoms with Crippen LogP contribution in [0, 0.1) is 0 Å². The summed E-state index contributed by atoms with van der Waals surface area (Å²) >= 11 is 0. The summed E-state index contributed by atoms with van der Waals surface area (Å²) in [5.74, 6) is 0.403. The molecule has 2 rings (SSSR count). The van der Waals surface area contributed by atoms with E-state index in [0.29, 0.717) is 12.2 Å². The van der Waals surface area contributed by atoms with Crippen LogP contribution < -0.4 is 11.3 Å². The minimum atomic E-state index is -0.107. The Morgan fingerprint density at radius 1 is 1.06 bits per heavy atom. The quantitative estimate of drug-likeness (QED) is 0.845. The van der Waals surface area contributed by atoms with E-state index in [9.17, 15) is 4.79 Å². The number of hydrogen-bond acceptors (Lipinski definition) is 2. The first-order valence-electron chi connectivity index (χ1n) is 5.74. The van der Waals surface area contributed by atoms with Crippen molar-refractivity contribution in [3.05, 3.63) is 63.4 Å². The molecule has 0 aliphatic carbocycles. The maximum atomic E-state index is 11.6. The minimum Gasteiger partial charge on any atom is -0.385 e. The minimum absolute atomic E-state index is 0.107. The summed E-state index contributed by atoms with van der Waals surface area (Å²) in [5, 5.41) is 0. The van der Waals surface area contributed by atoms with Gasteiger partial charge in [-0.1, -0.05) is 31.2 Å². The third-order valence-corrected chi connectivity index (χ3v) is 2.84. The van der Waals surface area contributed by atoms with Crippen LogP contribution in [0.5, 0.6) is 0 Å². The maximum absolute atomic E-state index is 11.6. The van der Waals surface area contributed by atoms with E-state index in [2.05, 4.69) is 36.2 Å². The first-order chi connectivity index (χ1) is 8.19. The number of rotatable bonds is 3. The smallest absolute Gasteiger partial charge is 0.253 e. The molecule has 0 radical (unpaired) electrons. The normalized spacial score (nSPS) is 10.4. The van der Waals surface area contributed by atoms with Crippen LogP contribution in [0.25, 0.3) is 0 Å². The van der Waals surface area contributed by atoms with Gasteiger partial charge in [0.25, 0.3) is 5.56 Å². The van der Waals surface area contributed by atoms with E-state index in [1.807, 2.05) is 0 Å². The molecule has 1 aromatic heterocycles. The Morgan fingerprint density at radius 2 is 1.71 bits per heavy atom. The second kappa shape index (κ2) is 4.87. The molecule has 0 bridgehead atoms. The second-order valence-corrected chi connectivity index (χ2v) is 4.11. The van der Waals surface area contributed by atoms with E-state index in [1.165, 1.54) is 5.56 Å². The number of anilines is 1. The van der Waals surface area contributed by atoms with Crippen molar-refractivity contribution in [1.29, 1.82) is 0 Å². The standard InChI is InChI=1S/C14H16N2O/c1-2-10-3-5-11(6-4-10)9-12-7-8-13(15)16-14(12)17/h3-8H,2,9H2,1H3,(H3,15,16,17). The number of H-pyrrole nitrogens is 1. The summed E-state index contributed by atoms with van der Waals surface area (Å²) in [6.07, 6.45) is 1.67. The molecule has 0 atom stereocenters. The average molecular weight is 228 g/mol. The molecular formula is C14H16N2O. The summed E-state index contributed by atoms with van der Waals surface area (Å²) in [4.78, 5) is 14.2. The fourth-order valence-electron chi connectivity index (χ4n) is 1.77. The van der Waals surface area contributed by atoms with Crippen LogP contribution in [-0.4, -0.2) is 4.98 Å². The zero-order valence-electron chi connectivity index (χ0n) is 9.86. The molecule has 0 unspecified atom stereocenters. The predicted octanol–water partition coefficient (Wildman–Crippen LogP) is 2.11. The van der Waals surface area contributed by atoms with Gasteiger partial charge in [0.05, 0.1) is 0 Å². The van der Waals surface area contributed by atoms with Crippen molar-refractivity contribution in [3.8, 4) is 0 Å². The highest BCUT2D eigenvalue weighted by Crippen LogP contribution is 2.09. The lowest BCUT2D eigenvalue weighted by molar-refractivity contribution is 1.08. The lowest BCUT2D eigenvalue weighted by Gasteiger charge is -2.03. The zero-order valence-corrected chi connectivity index (χ0v) is 9.86. The summed E-state index contributed by atoms with van der Waals surface area (Å²) in [6.45, 7) is 2.12. The Morgan fingerprint density at radius 3 is 2.29 bits per heavy atom. The Kier molecular flexibility index (Phi) is 3.28. The largest absolute Gasteiger partial charge is 0.385 e. The molecule has 0 fully saturated rings. The van der Waals surface area contributed by atoms with E-state index in [1.54, 1.807) is 12.1 Å². The molecular weight excluding hydrogens is 212 g/mol. The summed E-state index contributed by atoms with van der Waals surface area (Å²) in [5.41, 5.74) is 8.58. The van der Waals surface area contributed by atoms with Gasteiger partial charge < -0.3 is 10.7 Å². The first-order valence-corrected chi connectivity index (χ1v) is 5.74. The lowest BCUT2D eigenvalue weighted by atomic mass is 10.0. The summed E-state index contributed by atoms with van der Waals surface area (Å²) in [7, 11) is 0. The van der Waals surface area contributed by atoms with Crippen molar-refractivity contribution in [2.45, 2.75) is 19.8 Å². The fourth-order valence-corrected chi connectivity index (χ4v) is 1.77. The van der Waals surface area contributed by atoms with Crippen molar-refractivity contribution in [3.63, 3.8) is 0 Å². The van der Waals surface area contributed by atoms with Gasteiger partial charge in [-0.2, -0.15) is 0 Å². The van der Waals surface area contributed by atoms with Crippen molar-refractivity contribution in [2.24, 2.45) is 0 Å². The third-order valence-electron chi connectivity index (χ3n) is 2.84. The number of nitrogen functional groups attached to an aromatic ring is 1. The van der Waals surface area contributed by atoms with Gasteiger partial charge in [-0.05, 0) is 29.7 Å². The first kappa shape index (κ1) is 11.5. The lowest BCUT2D eigenvalue weighted by Crippen LogP contribution is -2.14. The fraction of sp³-hybridized carbons (Fsp3) is 0.214. The highest BCUT2D eigenvalue weighted by Gasteiger charge is 2.01. The van der Waals surface area contributed by atoms with Crippen LogP contribution in [-0.2, 0) is 12.8 Å². The molecule has 0 spiro atoms. The predicted molar refractivity (Wildman–Crippen MR) is 70.1 cm³/mol. The molecule has 2 aromatic rings. The molecule has 0 saturated heterocycles. The Labute approximate surface area is 100 Å². The van der Waals surface area contributed by atoms with Crippen molar-refractivity contribution < 1.29 is 0 Å². The van der Waals surface area contributed by atoms with Crippen LogP contribution in [0.1, 0.15) is 23.6 Å². The van der Waals surface area contributed by atoms with Crippen LogP contribution in [0.2, 0.25) is 0 Å². The highest BCUT2D eigenvalue weighted by molar-refractivity contribution is 5.33. The van der Waals surface area contributed by atoms with Gasteiger partial charge in [0.15, 0.2) is 0 Å². The van der Waals surface area contributed by atoms with Crippen molar-refractivity contribution in [2.75, 3.05) is 5.73 Å². The average Bonchev–Trinajstić information content (AvgIpc) is 2.34. The van der Waals surface area contributed by atoms with Crippen LogP contribution in [0.15, 0.2) is 41.2 Å². The van der Waals surface area contributed by atoms with E-state index in [0.717, 1.165) is 17.5 Å². The van der Waals surface area contributed by atoms with Crippen LogP contribution in [0.4, 0.5) is 5.82 Å². The molecule has 0 amide bonds. The van der Waals surface area contributed by atoms with Gasteiger partial charge in [-0.3, -0.25) is 4.79 Å². The molecule has 3 nitrogen and oxygen atoms in total. The number of nitrogens with one attached hydrogen (secondary N) is 1. The molecule has 0 aliphatic heterocycles. The van der Waals surface area contributed by atoms with E-state index in [-0.39, 0.29) is 5.56 Å². The van der Waals surface area contributed by atoms with Gasteiger partial charge in [0.2, 0.25) is 0 Å². The van der Waals surface area contributed by atoms with Gasteiger partial charge >= 0.3 is 0 Å². The second-order valence-electron chi connectivity index (χ2n) is 4.11. The molecule has 3 N–H and O–H groups in total. The topological polar surface area (TPSA) is 58.9 Å². The maximum Gasteiger partial charge on any atom is 0.253 e.